The zero-order chi connectivity index (χ0) is 17.4. The number of anilines is 1. The molecular formula is C14H20N2O6S. The van der Waals surface area contributed by atoms with Crippen LogP contribution in [-0.2, 0) is 24.6 Å². The number of nitrogens with one attached hydrogen (secondary N) is 1. The van der Waals surface area contributed by atoms with E-state index in [2.05, 4.69) is 4.18 Å². The molecule has 8 nitrogen and oxygen atoms in total. The number of fused-ring (bicyclic) bond motifs is 1. The van der Waals surface area contributed by atoms with Crippen molar-refractivity contribution in [1.29, 1.82) is 0 Å². The number of rotatable bonds is 4. The van der Waals surface area contributed by atoms with Crippen molar-refractivity contribution in [1.82, 2.24) is 4.72 Å². The summed E-state index contributed by atoms with van der Waals surface area (Å²) in [5, 5.41) is 0. The molecule has 1 N–H and O–H groups in total. The van der Waals surface area contributed by atoms with Crippen LogP contribution in [0.2, 0.25) is 0 Å². The Hall–Kier alpha value is -1.84. The van der Waals surface area contributed by atoms with Gasteiger partial charge in [-0.25, -0.2) is 4.79 Å². The van der Waals surface area contributed by atoms with E-state index in [0.29, 0.717) is 11.4 Å². The first-order valence-electron chi connectivity index (χ1n) is 6.87. The van der Waals surface area contributed by atoms with Crippen LogP contribution in [0, 0.1) is 0 Å². The van der Waals surface area contributed by atoms with Gasteiger partial charge in [-0.2, -0.15) is 13.1 Å². The number of benzene rings is 1. The molecule has 23 heavy (non-hydrogen) atoms. The lowest BCUT2D eigenvalue weighted by Gasteiger charge is -2.24. The molecule has 0 aromatic heterocycles. The van der Waals surface area contributed by atoms with Gasteiger partial charge < -0.3 is 13.7 Å². The van der Waals surface area contributed by atoms with E-state index in [1.807, 2.05) is 18.6 Å². The first-order valence-corrected chi connectivity index (χ1v) is 8.28. The maximum atomic E-state index is 11.9. The fourth-order valence-corrected chi connectivity index (χ4v) is 2.74. The van der Waals surface area contributed by atoms with Gasteiger partial charge in [-0.3, -0.25) is 4.90 Å². The van der Waals surface area contributed by atoms with E-state index in [0.717, 1.165) is 17.5 Å². The second-order valence-electron chi connectivity index (χ2n) is 5.65. The molecule has 1 heterocycles. The van der Waals surface area contributed by atoms with Crippen molar-refractivity contribution in [2.75, 3.05) is 26.1 Å². The Balaban J connectivity index is 2.29. The highest BCUT2D eigenvalue weighted by molar-refractivity contribution is 7.85. The number of carbonyl (C=O) groups excluding carboxylic acids is 1. The second-order valence-corrected chi connectivity index (χ2v) is 7.14. The lowest BCUT2D eigenvalue weighted by Crippen LogP contribution is -2.34. The van der Waals surface area contributed by atoms with Crippen LogP contribution in [0.3, 0.4) is 0 Å². The van der Waals surface area contributed by atoms with E-state index < -0.39 is 28.1 Å². The summed E-state index contributed by atoms with van der Waals surface area (Å²) in [7, 11) is 0.0341. The molecule has 0 saturated heterocycles. The number of hydrogen-bond donors (Lipinski definition) is 1. The summed E-state index contributed by atoms with van der Waals surface area (Å²) in [6.07, 6.45) is -1.45. The highest BCUT2D eigenvalue weighted by Crippen LogP contribution is 2.44. The quantitative estimate of drug-likeness (QED) is 0.886. The summed E-state index contributed by atoms with van der Waals surface area (Å²) < 4.78 is 39.9. The highest BCUT2D eigenvalue weighted by Gasteiger charge is 2.42. The number of hydrogen-bond acceptors (Lipinski definition) is 6. The Morgan fingerprint density at radius 2 is 2.04 bits per heavy atom. The first-order chi connectivity index (χ1) is 10.6. The second kappa shape index (κ2) is 5.99. The zero-order valence-corrected chi connectivity index (χ0v) is 14.4. The maximum absolute atomic E-state index is 11.9. The van der Waals surface area contributed by atoms with E-state index in [-0.39, 0.29) is 0 Å². The molecule has 1 aliphatic rings. The minimum atomic E-state index is -4.10. The normalized spacial score (nSPS) is 18.9. The molecule has 0 bridgehead atoms. The SMILES string of the molecule is CNS(=O)(=O)OC(=O)N(C)c1ccc2c(c1)C(C)(C)C(OC)O2. The summed E-state index contributed by atoms with van der Waals surface area (Å²) in [6, 6.07) is 5.10. The van der Waals surface area contributed by atoms with E-state index in [4.69, 9.17) is 9.47 Å². The van der Waals surface area contributed by atoms with Crippen molar-refractivity contribution < 1.29 is 26.9 Å². The van der Waals surface area contributed by atoms with Gasteiger partial charge in [0.1, 0.15) is 5.75 Å². The molecule has 2 rings (SSSR count). The molecule has 128 valence electrons. The van der Waals surface area contributed by atoms with Gasteiger partial charge in [0.25, 0.3) is 0 Å². The monoisotopic (exact) mass is 344 g/mol. The van der Waals surface area contributed by atoms with Gasteiger partial charge in [-0.15, -0.1) is 0 Å². The van der Waals surface area contributed by atoms with Crippen LogP contribution in [0.15, 0.2) is 18.2 Å². The molecule has 1 atom stereocenters. The predicted octanol–water partition coefficient (Wildman–Crippen LogP) is 1.37. The third kappa shape index (κ3) is 3.26. The molecule has 1 aromatic rings. The standard InChI is InChI=1S/C14H20N2O6S/c1-14(2)10-8-9(6-7-11(10)21-12(14)20-5)16(4)13(17)22-23(18,19)15-3/h6-8,12,15H,1-5H3. The average Bonchev–Trinajstić information content (AvgIpc) is 2.76. The number of ether oxygens (including phenoxy) is 2. The van der Waals surface area contributed by atoms with Gasteiger partial charge in [0, 0.05) is 32.5 Å². The molecule has 0 radical (unpaired) electrons. The maximum Gasteiger partial charge on any atom is 0.430 e. The molecule has 0 fully saturated rings. The third-order valence-corrected chi connectivity index (χ3v) is 4.65. The van der Waals surface area contributed by atoms with Gasteiger partial charge in [0.05, 0.1) is 5.41 Å². The summed E-state index contributed by atoms with van der Waals surface area (Å²) in [5.41, 5.74) is 0.925. The summed E-state index contributed by atoms with van der Waals surface area (Å²) >= 11 is 0. The fourth-order valence-electron chi connectivity index (χ4n) is 2.36. The van der Waals surface area contributed by atoms with E-state index in [1.165, 1.54) is 7.05 Å². The van der Waals surface area contributed by atoms with Crippen molar-refractivity contribution in [2.45, 2.75) is 25.6 Å². The van der Waals surface area contributed by atoms with E-state index in [9.17, 15) is 13.2 Å². The molecular weight excluding hydrogens is 324 g/mol. The van der Waals surface area contributed by atoms with Crippen LogP contribution < -0.4 is 14.4 Å². The summed E-state index contributed by atoms with van der Waals surface area (Å²) in [4.78, 5) is 13.0. The molecule has 0 spiro atoms. The largest absolute Gasteiger partial charge is 0.464 e. The number of methoxy groups -OCH3 is 1. The minimum Gasteiger partial charge on any atom is -0.464 e. The number of amides is 1. The molecule has 1 aliphatic heterocycles. The van der Waals surface area contributed by atoms with E-state index in [1.54, 1.807) is 25.3 Å². The van der Waals surface area contributed by atoms with Crippen molar-refractivity contribution in [3.8, 4) is 5.75 Å². The van der Waals surface area contributed by atoms with Gasteiger partial charge in [0.2, 0.25) is 6.29 Å². The predicted molar refractivity (Wildman–Crippen MR) is 83.8 cm³/mol. The minimum absolute atomic E-state index is 0.415. The zero-order valence-electron chi connectivity index (χ0n) is 13.6. The lowest BCUT2D eigenvalue weighted by atomic mass is 9.85. The Kier molecular flexibility index (Phi) is 4.56. The van der Waals surface area contributed by atoms with Crippen LogP contribution in [0.25, 0.3) is 0 Å². The van der Waals surface area contributed by atoms with Crippen LogP contribution in [-0.4, -0.2) is 42.0 Å². The molecule has 9 heteroatoms. The summed E-state index contributed by atoms with van der Waals surface area (Å²) in [6.45, 7) is 3.92. The van der Waals surface area contributed by atoms with Crippen molar-refractivity contribution >= 4 is 22.1 Å². The topological polar surface area (TPSA) is 94.2 Å². The van der Waals surface area contributed by atoms with Gasteiger partial charge in [-0.05, 0) is 32.0 Å². The number of carbonyl (C=O) groups is 1. The fraction of sp³-hybridized carbons (Fsp3) is 0.500. The van der Waals surface area contributed by atoms with Gasteiger partial charge in [-0.1, -0.05) is 0 Å². The van der Waals surface area contributed by atoms with Crippen molar-refractivity contribution in [2.24, 2.45) is 0 Å². The molecule has 0 aliphatic carbocycles. The Labute approximate surface area is 135 Å². The smallest absolute Gasteiger partial charge is 0.430 e. The Morgan fingerprint density at radius 3 is 2.61 bits per heavy atom. The van der Waals surface area contributed by atoms with Crippen LogP contribution in [0.4, 0.5) is 10.5 Å². The van der Waals surface area contributed by atoms with Crippen LogP contribution in [0.5, 0.6) is 5.75 Å². The third-order valence-electron chi connectivity index (χ3n) is 3.79. The number of nitrogens with zero attached hydrogens (tertiary/aromatic N) is 1. The molecule has 0 saturated carbocycles. The van der Waals surface area contributed by atoms with Crippen molar-refractivity contribution in [3.63, 3.8) is 0 Å². The molecule has 1 amide bonds. The Morgan fingerprint density at radius 1 is 1.39 bits per heavy atom. The highest BCUT2D eigenvalue weighted by atomic mass is 32.2. The average molecular weight is 344 g/mol. The van der Waals surface area contributed by atoms with Gasteiger partial charge >= 0.3 is 16.4 Å². The molecule has 1 unspecified atom stereocenters. The summed E-state index contributed by atoms with van der Waals surface area (Å²) in [5.74, 6) is 0.662. The van der Waals surface area contributed by atoms with Crippen LogP contribution in [0.1, 0.15) is 19.4 Å². The van der Waals surface area contributed by atoms with Gasteiger partial charge in [0.15, 0.2) is 0 Å². The lowest BCUT2D eigenvalue weighted by molar-refractivity contribution is -0.0779. The first kappa shape index (κ1) is 17.5. The Bertz CT molecular complexity index is 716. The van der Waals surface area contributed by atoms with Crippen LogP contribution >= 0.6 is 0 Å². The molecule has 1 aromatic carbocycles. The van der Waals surface area contributed by atoms with E-state index >= 15 is 0 Å². The van der Waals surface area contributed by atoms with Crippen molar-refractivity contribution in [3.05, 3.63) is 23.8 Å².